The van der Waals surface area contributed by atoms with Crippen LogP contribution in [0.5, 0.6) is 11.5 Å². The molecule has 0 aliphatic heterocycles. The van der Waals surface area contributed by atoms with Crippen molar-refractivity contribution in [3.8, 4) is 11.5 Å². The Morgan fingerprint density at radius 1 is 0.778 bits per heavy atom. The van der Waals surface area contributed by atoms with Gasteiger partial charge in [0, 0.05) is 10.6 Å². The highest BCUT2D eigenvalue weighted by Crippen LogP contribution is 2.35. The first-order chi connectivity index (χ1) is 8.77. The van der Waals surface area contributed by atoms with E-state index in [4.69, 9.17) is 9.47 Å². The second-order valence-corrected chi connectivity index (χ2v) is 5.98. The third-order valence-corrected chi connectivity index (χ3v) is 5.08. The summed E-state index contributed by atoms with van der Waals surface area (Å²) in [6, 6.07) is 16.3. The lowest BCUT2D eigenvalue weighted by molar-refractivity contribution is 0.417. The summed E-state index contributed by atoms with van der Waals surface area (Å²) in [7, 11) is 5.18. The number of ether oxygens (including phenoxy) is 2. The zero-order valence-corrected chi connectivity index (χ0v) is 11.8. The second kappa shape index (κ2) is 5.93. The minimum Gasteiger partial charge on any atom is -0.496 e. The van der Waals surface area contributed by atoms with E-state index in [1.54, 1.807) is 14.2 Å². The quantitative estimate of drug-likeness (QED) is 0.613. The van der Waals surface area contributed by atoms with Gasteiger partial charge in [0.15, 0.2) is 0 Å². The molecule has 0 saturated heterocycles. The van der Waals surface area contributed by atoms with Crippen LogP contribution in [0.25, 0.3) is 0 Å². The minimum absolute atomic E-state index is 0.474. The Labute approximate surface area is 110 Å². The summed E-state index contributed by atoms with van der Waals surface area (Å²) in [5, 5.41) is 2.47. The number of para-hydroxylation sites is 2. The number of rotatable bonds is 4. The highest BCUT2D eigenvalue weighted by Gasteiger charge is 2.15. The van der Waals surface area contributed by atoms with Crippen LogP contribution in [0.1, 0.15) is 0 Å². The standard InChI is InChI=1S/C14H16BO2P/c1-16-11-7-3-5-9-13(11)18(15)14-10-6-4-8-12(14)17-2/h3-10H,15H2,1-2H3. The molecule has 0 spiro atoms. The highest BCUT2D eigenvalue weighted by atomic mass is 31.1. The summed E-state index contributed by atoms with van der Waals surface area (Å²) < 4.78 is 10.9. The van der Waals surface area contributed by atoms with Crippen molar-refractivity contribution < 1.29 is 9.47 Å². The molecule has 18 heavy (non-hydrogen) atoms. The highest BCUT2D eigenvalue weighted by molar-refractivity contribution is 7.94. The van der Waals surface area contributed by atoms with Gasteiger partial charge in [-0.25, -0.2) is 0 Å². The van der Waals surface area contributed by atoms with Crippen molar-refractivity contribution in [3.05, 3.63) is 48.5 Å². The fourth-order valence-electron chi connectivity index (χ4n) is 1.94. The Morgan fingerprint density at radius 3 is 1.56 bits per heavy atom. The first-order valence-electron chi connectivity index (χ1n) is 5.77. The maximum absolute atomic E-state index is 5.44. The zero-order chi connectivity index (χ0) is 13.0. The zero-order valence-electron chi connectivity index (χ0n) is 10.9. The Bertz CT molecular complexity index is 483. The van der Waals surface area contributed by atoms with Gasteiger partial charge in [0.1, 0.15) is 19.1 Å². The molecule has 0 N–H and O–H groups in total. The van der Waals surface area contributed by atoms with E-state index in [2.05, 4.69) is 19.7 Å². The Balaban J connectivity index is 2.44. The first-order valence-corrected chi connectivity index (χ1v) is 7.56. The van der Waals surface area contributed by atoms with Gasteiger partial charge >= 0.3 is 0 Å². The van der Waals surface area contributed by atoms with E-state index in [0.29, 0.717) is 0 Å². The van der Waals surface area contributed by atoms with Gasteiger partial charge in [-0.1, -0.05) is 44.2 Å². The van der Waals surface area contributed by atoms with Crippen LogP contribution in [0.3, 0.4) is 0 Å². The van der Waals surface area contributed by atoms with Crippen molar-refractivity contribution in [2.45, 2.75) is 0 Å². The predicted octanol–water partition coefficient (Wildman–Crippen LogP) is 1.68. The average Bonchev–Trinajstić information content (AvgIpc) is 2.46. The Kier molecular flexibility index (Phi) is 4.27. The Hall–Kier alpha value is -1.47. The third-order valence-electron chi connectivity index (χ3n) is 2.89. The molecule has 2 rings (SSSR count). The molecule has 0 aromatic heterocycles. The largest absolute Gasteiger partial charge is 0.496 e. The second-order valence-electron chi connectivity index (χ2n) is 3.90. The summed E-state index contributed by atoms with van der Waals surface area (Å²) in [4.78, 5) is 0. The van der Waals surface area contributed by atoms with Crippen LogP contribution in [-0.2, 0) is 0 Å². The van der Waals surface area contributed by atoms with Crippen LogP contribution >= 0.6 is 7.80 Å². The summed E-state index contributed by atoms with van der Waals surface area (Å²) in [5.74, 6) is 1.88. The molecule has 0 saturated carbocycles. The minimum atomic E-state index is -0.474. The lowest BCUT2D eigenvalue weighted by Crippen LogP contribution is -2.15. The van der Waals surface area contributed by atoms with Crippen molar-refractivity contribution in [3.63, 3.8) is 0 Å². The van der Waals surface area contributed by atoms with E-state index in [9.17, 15) is 0 Å². The Morgan fingerprint density at radius 2 is 1.17 bits per heavy atom. The van der Waals surface area contributed by atoms with Crippen LogP contribution in [0.4, 0.5) is 0 Å². The van der Waals surface area contributed by atoms with E-state index in [-0.39, 0.29) is 0 Å². The van der Waals surface area contributed by atoms with Crippen LogP contribution in [0, 0.1) is 0 Å². The van der Waals surface area contributed by atoms with Gasteiger partial charge in [-0.15, -0.1) is 0 Å². The van der Waals surface area contributed by atoms with Crippen molar-refractivity contribution in [1.82, 2.24) is 0 Å². The molecule has 2 aromatic carbocycles. The maximum Gasteiger partial charge on any atom is 0.146 e. The SMILES string of the molecule is BP(c1ccccc1OC)c1ccccc1OC. The normalized spacial score (nSPS) is 10.4. The van der Waals surface area contributed by atoms with Gasteiger partial charge in [0.2, 0.25) is 0 Å². The van der Waals surface area contributed by atoms with E-state index in [0.717, 1.165) is 11.5 Å². The molecule has 2 nitrogen and oxygen atoms in total. The lowest BCUT2D eigenvalue weighted by Gasteiger charge is -2.19. The third kappa shape index (κ3) is 2.52. The van der Waals surface area contributed by atoms with Crippen LogP contribution in [-0.4, -0.2) is 21.8 Å². The molecule has 2 aromatic rings. The number of benzene rings is 2. The van der Waals surface area contributed by atoms with E-state index < -0.39 is 7.80 Å². The number of hydrogen-bond acceptors (Lipinski definition) is 2. The van der Waals surface area contributed by atoms with Crippen molar-refractivity contribution in [2.75, 3.05) is 14.2 Å². The molecular weight excluding hydrogens is 242 g/mol. The van der Waals surface area contributed by atoms with Gasteiger partial charge in [-0.05, 0) is 12.1 Å². The predicted molar refractivity (Wildman–Crippen MR) is 80.7 cm³/mol. The van der Waals surface area contributed by atoms with Gasteiger partial charge in [0.05, 0.1) is 14.2 Å². The smallest absolute Gasteiger partial charge is 0.146 e. The summed E-state index contributed by atoms with van der Waals surface area (Å²) in [6.45, 7) is 0. The lowest BCUT2D eigenvalue weighted by atomic mass is 10.3. The monoisotopic (exact) mass is 258 g/mol. The summed E-state index contributed by atoms with van der Waals surface area (Å²) in [5.41, 5.74) is 0. The molecular formula is C14H16BO2P. The molecule has 0 heterocycles. The van der Waals surface area contributed by atoms with Gasteiger partial charge in [-0.2, -0.15) is 0 Å². The van der Waals surface area contributed by atoms with Crippen molar-refractivity contribution in [2.24, 2.45) is 0 Å². The van der Waals surface area contributed by atoms with E-state index >= 15 is 0 Å². The van der Waals surface area contributed by atoms with Crippen molar-refractivity contribution >= 4 is 26.0 Å². The molecule has 0 bridgehead atoms. The molecule has 0 amide bonds. The molecule has 0 radical (unpaired) electrons. The molecule has 0 aliphatic rings. The fourth-order valence-corrected chi connectivity index (χ4v) is 3.82. The summed E-state index contributed by atoms with van der Waals surface area (Å²) >= 11 is 0. The molecule has 0 unspecified atom stereocenters. The number of hydrogen-bond donors (Lipinski definition) is 0. The van der Waals surface area contributed by atoms with Crippen LogP contribution < -0.4 is 20.1 Å². The molecule has 92 valence electrons. The van der Waals surface area contributed by atoms with Crippen molar-refractivity contribution in [1.29, 1.82) is 0 Å². The molecule has 0 aliphatic carbocycles. The fraction of sp³-hybridized carbons (Fsp3) is 0.143. The summed E-state index contributed by atoms with van der Waals surface area (Å²) in [6.07, 6.45) is 0. The molecule has 0 atom stereocenters. The first kappa shape index (κ1) is 13.0. The average molecular weight is 258 g/mol. The van der Waals surface area contributed by atoms with Gasteiger partial charge < -0.3 is 9.47 Å². The van der Waals surface area contributed by atoms with Gasteiger partial charge in [0.25, 0.3) is 0 Å². The topological polar surface area (TPSA) is 18.5 Å². The van der Waals surface area contributed by atoms with Crippen LogP contribution in [0.2, 0.25) is 0 Å². The molecule has 4 heteroatoms. The number of methoxy groups -OCH3 is 2. The maximum atomic E-state index is 5.44. The van der Waals surface area contributed by atoms with Gasteiger partial charge in [-0.3, -0.25) is 0 Å². The molecule has 0 fully saturated rings. The van der Waals surface area contributed by atoms with E-state index in [1.165, 1.54) is 10.6 Å². The van der Waals surface area contributed by atoms with Crippen LogP contribution in [0.15, 0.2) is 48.5 Å². The van der Waals surface area contributed by atoms with E-state index in [1.807, 2.05) is 36.4 Å².